The topological polar surface area (TPSA) is 23.5 Å². The summed E-state index contributed by atoms with van der Waals surface area (Å²) in [7, 11) is 0. The molecule has 0 spiro atoms. The van der Waals surface area contributed by atoms with Gasteiger partial charge in [0.25, 0.3) is 0 Å². The average Bonchev–Trinajstić information content (AvgIpc) is 2.32. The maximum absolute atomic E-state index is 11.1. The number of allylic oxidation sites excluding steroid dienone is 1. The maximum Gasteiger partial charge on any atom is 0.0958 e. The molecule has 0 aliphatic carbocycles. The number of halogens is 1. The van der Waals surface area contributed by atoms with E-state index in [1.165, 1.54) is 0 Å². The highest BCUT2D eigenvalue weighted by Gasteiger charge is 2.40. The Bertz CT molecular complexity index is 500. The van der Waals surface area contributed by atoms with Crippen molar-refractivity contribution < 1.29 is 5.11 Å². The molecular weight excluding hydrogens is 302 g/mol. The van der Waals surface area contributed by atoms with E-state index in [4.69, 9.17) is 0 Å². The largest absolute Gasteiger partial charge is 0.385 e. The third kappa shape index (κ3) is 2.72. The van der Waals surface area contributed by atoms with Gasteiger partial charge >= 0.3 is 0 Å². The first-order valence-electron chi connectivity index (χ1n) is 6.74. The summed E-state index contributed by atoms with van der Waals surface area (Å²) in [6.45, 7) is 11.9. The number of aryl methyl sites for hydroxylation is 1. The summed E-state index contributed by atoms with van der Waals surface area (Å²) in [4.78, 5) is 2.26. The van der Waals surface area contributed by atoms with Crippen LogP contribution in [0, 0.1) is 12.8 Å². The molecule has 0 radical (unpaired) electrons. The lowest BCUT2D eigenvalue weighted by atomic mass is 9.75. The molecule has 0 bridgehead atoms. The van der Waals surface area contributed by atoms with E-state index in [9.17, 15) is 5.11 Å². The van der Waals surface area contributed by atoms with Crippen molar-refractivity contribution in [1.82, 2.24) is 4.90 Å². The summed E-state index contributed by atoms with van der Waals surface area (Å²) in [5.74, 6) is 0.192. The Morgan fingerprint density at radius 3 is 2.74 bits per heavy atom. The predicted molar refractivity (Wildman–Crippen MR) is 82.9 cm³/mol. The van der Waals surface area contributed by atoms with Crippen molar-refractivity contribution >= 4 is 15.9 Å². The van der Waals surface area contributed by atoms with Crippen molar-refractivity contribution in [1.29, 1.82) is 0 Å². The van der Waals surface area contributed by atoms with E-state index in [0.29, 0.717) is 0 Å². The van der Waals surface area contributed by atoms with Crippen LogP contribution in [0.2, 0.25) is 0 Å². The van der Waals surface area contributed by atoms with Gasteiger partial charge in [0.05, 0.1) is 5.60 Å². The summed E-state index contributed by atoms with van der Waals surface area (Å²) in [5.41, 5.74) is 2.56. The van der Waals surface area contributed by atoms with Gasteiger partial charge in [0, 0.05) is 29.2 Å². The molecule has 3 heteroatoms. The van der Waals surface area contributed by atoms with E-state index in [1.54, 1.807) is 0 Å². The zero-order chi connectivity index (χ0) is 14.2. The fraction of sp³-hybridized carbons (Fsp3) is 0.500. The normalized spacial score (nSPS) is 27.4. The number of hydrogen-bond acceptors (Lipinski definition) is 2. The van der Waals surface area contributed by atoms with Gasteiger partial charge in [-0.1, -0.05) is 35.5 Å². The van der Waals surface area contributed by atoms with Crippen LogP contribution in [0.25, 0.3) is 0 Å². The molecule has 2 atom stereocenters. The standard InChI is InChI=1S/C16H22BrNO/c1-11(2)18-8-7-16(19,13(4)10-18)15-6-5-14(17)9-12(15)3/h5-6,9,13,19H,1,7-8,10H2,2-4H3. The second kappa shape index (κ2) is 5.29. The zero-order valence-corrected chi connectivity index (χ0v) is 13.5. The highest BCUT2D eigenvalue weighted by atomic mass is 79.9. The summed E-state index contributed by atoms with van der Waals surface area (Å²) in [5, 5.41) is 11.1. The van der Waals surface area contributed by atoms with E-state index in [-0.39, 0.29) is 5.92 Å². The molecule has 1 aromatic rings. The SMILES string of the molecule is C=C(C)N1CCC(O)(c2ccc(Br)cc2C)C(C)C1. The van der Waals surface area contributed by atoms with Crippen molar-refractivity contribution in [3.8, 4) is 0 Å². The lowest BCUT2D eigenvalue weighted by Crippen LogP contribution is -2.48. The quantitative estimate of drug-likeness (QED) is 0.894. The number of nitrogens with zero attached hydrogens (tertiary/aromatic N) is 1. The molecule has 0 saturated carbocycles. The van der Waals surface area contributed by atoms with E-state index in [2.05, 4.69) is 47.3 Å². The maximum atomic E-state index is 11.1. The average molecular weight is 324 g/mol. The number of aliphatic hydroxyl groups is 1. The molecular formula is C16H22BrNO. The zero-order valence-electron chi connectivity index (χ0n) is 11.9. The van der Waals surface area contributed by atoms with Crippen LogP contribution < -0.4 is 0 Å². The van der Waals surface area contributed by atoms with Gasteiger partial charge in [-0.3, -0.25) is 0 Å². The van der Waals surface area contributed by atoms with Gasteiger partial charge in [0.1, 0.15) is 0 Å². The second-order valence-electron chi connectivity index (χ2n) is 5.72. The lowest BCUT2D eigenvalue weighted by molar-refractivity contribution is -0.0645. The van der Waals surface area contributed by atoms with E-state index in [1.807, 2.05) is 19.1 Å². The van der Waals surface area contributed by atoms with Gasteiger partial charge in [0.2, 0.25) is 0 Å². The Kier molecular flexibility index (Phi) is 4.07. The predicted octanol–water partition coefficient (Wildman–Crippen LogP) is 3.82. The number of piperidine rings is 1. The van der Waals surface area contributed by atoms with Crippen LogP contribution in [0.3, 0.4) is 0 Å². The molecule has 104 valence electrons. The van der Waals surface area contributed by atoms with Crippen LogP contribution >= 0.6 is 15.9 Å². The van der Waals surface area contributed by atoms with Gasteiger partial charge in [-0.15, -0.1) is 0 Å². The van der Waals surface area contributed by atoms with Crippen LogP contribution in [0.4, 0.5) is 0 Å². The first kappa shape index (κ1) is 14.6. The molecule has 2 rings (SSSR count). The van der Waals surface area contributed by atoms with E-state index < -0.39 is 5.60 Å². The summed E-state index contributed by atoms with van der Waals surface area (Å²) < 4.78 is 1.06. The molecule has 1 aliphatic rings. The van der Waals surface area contributed by atoms with Gasteiger partial charge in [-0.2, -0.15) is 0 Å². The molecule has 2 nitrogen and oxygen atoms in total. The second-order valence-corrected chi connectivity index (χ2v) is 6.63. The molecule has 1 heterocycles. The smallest absolute Gasteiger partial charge is 0.0958 e. The molecule has 0 amide bonds. The molecule has 19 heavy (non-hydrogen) atoms. The van der Waals surface area contributed by atoms with Crippen molar-refractivity contribution in [3.63, 3.8) is 0 Å². The monoisotopic (exact) mass is 323 g/mol. The Balaban J connectivity index is 2.30. The van der Waals surface area contributed by atoms with E-state index in [0.717, 1.165) is 40.8 Å². The summed E-state index contributed by atoms with van der Waals surface area (Å²) in [6.07, 6.45) is 0.753. The van der Waals surface area contributed by atoms with Crippen molar-refractivity contribution in [3.05, 3.63) is 46.1 Å². The molecule has 1 N–H and O–H groups in total. The Morgan fingerprint density at radius 2 is 2.21 bits per heavy atom. The van der Waals surface area contributed by atoms with Gasteiger partial charge in [-0.25, -0.2) is 0 Å². The molecule has 0 aromatic heterocycles. The van der Waals surface area contributed by atoms with Crippen LogP contribution in [-0.2, 0) is 5.60 Å². The molecule has 1 aliphatic heterocycles. The van der Waals surface area contributed by atoms with Gasteiger partial charge < -0.3 is 10.0 Å². The Morgan fingerprint density at radius 1 is 1.53 bits per heavy atom. The van der Waals surface area contributed by atoms with Crippen molar-refractivity contribution in [2.24, 2.45) is 5.92 Å². The number of hydrogen-bond donors (Lipinski definition) is 1. The minimum atomic E-state index is -0.725. The highest BCUT2D eigenvalue weighted by Crippen LogP contribution is 2.39. The lowest BCUT2D eigenvalue weighted by Gasteiger charge is -2.45. The summed E-state index contributed by atoms with van der Waals surface area (Å²) in [6, 6.07) is 6.13. The van der Waals surface area contributed by atoms with E-state index >= 15 is 0 Å². The molecule has 1 fully saturated rings. The number of likely N-dealkylation sites (tertiary alicyclic amines) is 1. The van der Waals surface area contributed by atoms with Crippen molar-refractivity contribution in [2.45, 2.75) is 32.8 Å². The minimum absolute atomic E-state index is 0.192. The van der Waals surface area contributed by atoms with Crippen LogP contribution in [0.5, 0.6) is 0 Å². The fourth-order valence-electron chi connectivity index (χ4n) is 2.98. The highest BCUT2D eigenvalue weighted by molar-refractivity contribution is 9.10. The first-order valence-corrected chi connectivity index (χ1v) is 7.53. The van der Waals surface area contributed by atoms with Crippen molar-refractivity contribution in [2.75, 3.05) is 13.1 Å². The number of rotatable bonds is 2. The fourth-order valence-corrected chi connectivity index (χ4v) is 3.46. The third-order valence-electron chi connectivity index (χ3n) is 4.27. The summed E-state index contributed by atoms with van der Waals surface area (Å²) >= 11 is 3.48. The molecule has 1 saturated heterocycles. The number of benzene rings is 1. The van der Waals surface area contributed by atoms with Crippen LogP contribution in [-0.4, -0.2) is 23.1 Å². The Hall–Kier alpha value is -0.800. The van der Waals surface area contributed by atoms with Gasteiger partial charge in [0.15, 0.2) is 0 Å². The first-order chi connectivity index (χ1) is 8.84. The third-order valence-corrected chi connectivity index (χ3v) is 4.76. The van der Waals surface area contributed by atoms with Gasteiger partial charge in [-0.05, 0) is 43.5 Å². The Labute approximate surface area is 124 Å². The van der Waals surface area contributed by atoms with Crippen LogP contribution in [0.1, 0.15) is 31.4 Å². The van der Waals surface area contributed by atoms with Crippen LogP contribution in [0.15, 0.2) is 34.9 Å². The minimum Gasteiger partial charge on any atom is -0.385 e. The molecule has 1 aromatic carbocycles. The molecule has 2 unspecified atom stereocenters.